The maximum atomic E-state index is 13.6. The second-order valence-electron chi connectivity index (χ2n) is 6.11. The summed E-state index contributed by atoms with van der Waals surface area (Å²) >= 11 is 6.32. The van der Waals surface area contributed by atoms with Gasteiger partial charge in [0.15, 0.2) is 0 Å². The molecule has 1 atom stereocenters. The van der Waals surface area contributed by atoms with Crippen LogP contribution in [0, 0.1) is 5.82 Å². The minimum atomic E-state index is -4.45. The van der Waals surface area contributed by atoms with Gasteiger partial charge in [-0.3, -0.25) is 0 Å². The fraction of sp³-hybridized carbons (Fsp3) is 0.100. The molecule has 1 unspecified atom stereocenters. The first-order valence-electron chi connectivity index (χ1n) is 8.50. The van der Waals surface area contributed by atoms with Gasteiger partial charge in [0.1, 0.15) is 5.82 Å². The van der Waals surface area contributed by atoms with Crippen molar-refractivity contribution in [1.29, 1.82) is 0 Å². The minimum Gasteiger partial charge on any atom is -0.207 e. The number of rotatable bonds is 7. The highest BCUT2D eigenvalue weighted by molar-refractivity contribution is 8.04. The first kappa shape index (κ1) is 21.4. The first-order valence-corrected chi connectivity index (χ1v) is 11.8. The zero-order chi connectivity index (χ0) is 21.1. The Labute approximate surface area is 174 Å². The Morgan fingerprint density at radius 2 is 1.24 bits per heavy atom. The van der Waals surface area contributed by atoms with E-state index >= 15 is 0 Å². The van der Waals surface area contributed by atoms with Crippen LogP contribution in [0.25, 0.3) is 0 Å². The van der Waals surface area contributed by atoms with Crippen molar-refractivity contribution in [2.45, 2.75) is 15.2 Å². The highest BCUT2D eigenvalue weighted by Crippen LogP contribution is 2.30. The minimum absolute atomic E-state index is 0.192. The van der Waals surface area contributed by atoms with Crippen LogP contribution >= 0.6 is 11.6 Å². The summed E-state index contributed by atoms with van der Waals surface area (Å²) in [5, 5.41) is -1.09. The van der Waals surface area contributed by atoms with Crippen LogP contribution in [0.1, 0.15) is 10.9 Å². The lowest BCUT2D eigenvalue weighted by molar-refractivity contribution is 0.494. The SMILES string of the molecule is O=S(=O)(c1ccccc1)N(CC(Cl)c1cccc(F)c1)S(=O)(=O)c1ccccc1. The fourth-order valence-corrected chi connectivity index (χ4v) is 6.83. The second kappa shape index (κ2) is 8.62. The van der Waals surface area contributed by atoms with Crippen LogP contribution in [-0.2, 0) is 20.0 Å². The van der Waals surface area contributed by atoms with Gasteiger partial charge in [-0.1, -0.05) is 52.2 Å². The quantitative estimate of drug-likeness (QED) is 0.503. The van der Waals surface area contributed by atoms with Gasteiger partial charge in [-0.05, 0) is 42.0 Å². The smallest absolute Gasteiger partial charge is 0.207 e. The molecule has 0 bridgehead atoms. The number of sulfonamides is 2. The fourth-order valence-electron chi connectivity index (χ4n) is 2.68. The lowest BCUT2D eigenvalue weighted by Gasteiger charge is -2.24. The number of benzene rings is 3. The Hall–Kier alpha value is -2.26. The largest absolute Gasteiger partial charge is 0.256 e. The summed E-state index contributed by atoms with van der Waals surface area (Å²) in [5.74, 6) is -0.559. The molecule has 0 saturated heterocycles. The summed E-state index contributed by atoms with van der Waals surface area (Å²) in [6.07, 6.45) is 0. The van der Waals surface area contributed by atoms with Crippen LogP contribution in [0.5, 0.6) is 0 Å². The van der Waals surface area contributed by atoms with Gasteiger partial charge in [-0.15, -0.1) is 11.6 Å². The van der Waals surface area contributed by atoms with Crippen LogP contribution in [0.3, 0.4) is 0 Å². The monoisotopic (exact) mass is 453 g/mol. The van der Waals surface area contributed by atoms with Gasteiger partial charge in [0.2, 0.25) is 0 Å². The van der Waals surface area contributed by atoms with E-state index in [1.807, 2.05) is 0 Å². The molecule has 3 rings (SSSR count). The van der Waals surface area contributed by atoms with Gasteiger partial charge < -0.3 is 0 Å². The lowest BCUT2D eigenvalue weighted by atomic mass is 10.1. The molecule has 29 heavy (non-hydrogen) atoms. The molecule has 0 aliphatic carbocycles. The van der Waals surface area contributed by atoms with E-state index in [0.29, 0.717) is 3.71 Å². The summed E-state index contributed by atoms with van der Waals surface area (Å²) in [6.45, 7) is -0.598. The van der Waals surface area contributed by atoms with Gasteiger partial charge in [0.25, 0.3) is 20.0 Å². The molecule has 3 aromatic rings. The molecule has 0 fully saturated rings. The summed E-state index contributed by atoms with van der Waals surface area (Å²) in [4.78, 5) is -0.384. The van der Waals surface area contributed by atoms with Crippen molar-refractivity contribution >= 4 is 31.6 Å². The van der Waals surface area contributed by atoms with Crippen molar-refractivity contribution in [3.05, 3.63) is 96.3 Å². The Kier molecular flexibility index (Phi) is 6.38. The normalized spacial score (nSPS) is 13.3. The molecular formula is C20H17ClFNO4S2. The third kappa shape index (κ3) is 4.67. The van der Waals surface area contributed by atoms with E-state index in [2.05, 4.69) is 0 Å². The number of halogens is 2. The standard InChI is InChI=1S/C20H17ClFNO4S2/c21-20(16-8-7-9-17(22)14-16)15-23(28(24,25)18-10-3-1-4-11-18)29(26,27)19-12-5-2-6-13-19/h1-14,20H,15H2. The molecule has 0 aliphatic heterocycles. The second-order valence-corrected chi connectivity index (χ2v) is 10.6. The van der Waals surface area contributed by atoms with E-state index in [1.165, 1.54) is 66.7 Å². The molecule has 0 aromatic heterocycles. The number of nitrogens with zero attached hydrogens (tertiary/aromatic N) is 1. The topological polar surface area (TPSA) is 71.5 Å². The first-order chi connectivity index (χ1) is 13.7. The van der Waals surface area contributed by atoms with E-state index in [1.54, 1.807) is 12.1 Å². The highest BCUT2D eigenvalue weighted by Gasteiger charge is 2.38. The van der Waals surface area contributed by atoms with E-state index in [0.717, 1.165) is 6.07 Å². The Balaban J connectivity index is 2.09. The van der Waals surface area contributed by atoms with Crippen molar-refractivity contribution < 1.29 is 21.2 Å². The third-order valence-electron chi connectivity index (χ3n) is 4.14. The van der Waals surface area contributed by atoms with Crippen LogP contribution in [0.2, 0.25) is 0 Å². The molecule has 152 valence electrons. The summed E-state index contributed by atoms with van der Waals surface area (Å²) < 4.78 is 66.7. The molecule has 9 heteroatoms. The molecular weight excluding hydrogens is 437 g/mol. The summed E-state index contributed by atoms with van der Waals surface area (Å²) in [6, 6.07) is 19.7. The van der Waals surface area contributed by atoms with Crippen molar-refractivity contribution in [1.82, 2.24) is 3.71 Å². The van der Waals surface area contributed by atoms with Crippen LogP contribution in [0.4, 0.5) is 4.39 Å². The molecule has 0 saturated carbocycles. The van der Waals surface area contributed by atoms with Gasteiger partial charge >= 0.3 is 0 Å². The molecule has 0 N–H and O–H groups in total. The van der Waals surface area contributed by atoms with Crippen molar-refractivity contribution in [3.63, 3.8) is 0 Å². The zero-order valence-electron chi connectivity index (χ0n) is 15.0. The molecule has 3 aromatic carbocycles. The van der Waals surface area contributed by atoms with Crippen LogP contribution < -0.4 is 0 Å². The Morgan fingerprint density at radius 1 is 0.759 bits per heavy atom. The van der Waals surface area contributed by atoms with Gasteiger partial charge in [0, 0.05) is 0 Å². The van der Waals surface area contributed by atoms with E-state index in [9.17, 15) is 21.2 Å². The molecule has 0 amide bonds. The average Bonchev–Trinajstić information content (AvgIpc) is 2.73. The Morgan fingerprint density at radius 3 is 1.69 bits per heavy atom. The maximum absolute atomic E-state index is 13.6. The molecule has 0 aliphatic rings. The van der Waals surface area contributed by atoms with E-state index in [-0.39, 0.29) is 15.4 Å². The molecule has 0 spiro atoms. The Bertz CT molecular complexity index is 1120. The van der Waals surface area contributed by atoms with Crippen molar-refractivity contribution in [2.24, 2.45) is 0 Å². The molecule has 0 heterocycles. The van der Waals surface area contributed by atoms with Gasteiger partial charge in [-0.25, -0.2) is 21.2 Å². The lowest BCUT2D eigenvalue weighted by Crippen LogP contribution is -2.39. The van der Waals surface area contributed by atoms with Gasteiger partial charge in [-0.2, -0.15) is 0 Å². The number of hydrogen-bond donors (Lipinski definition) is 0. The van der Waals surface area contributed by atoms with Crippen LogP contribution in [-0.4, -0.2) is 27.1 Å². The molecule has 0 radical (unpaired) electrons. The van der Waals surface area contributed by atoms with Crippen molar-refractivity contribution in [3.8, 4) is 0 Å². The van der Waals surface area contributed by atoms with E-state index < -0.39 is 37.8 Å². The van der Waals surface area contributed by atoms with Crippen molar-refractivity contribution in [2.75, 3.05) is 6.54 Å². The number of hydrogen-bond acceptors (Lipinski definition) is 4. The van der Waals surface area contributed by atoms with Crippen LogP contribution in [0.15, 0.2) is 94.7 Å². The summed E-state index contributed by atoms with van der Waals surface area (Å²) in [5.41, 5.74) is 0.267. The maximum Gasteiger partial charge on any atom is 0.256 e. The zero-order valence-corrected chi connectivity index (χ0v) is 17.4. The number of alkyl halides is 1. The predicted octanol–water partition coefficient (Wildman–Crippen LogP) is 4.19. The predicted molar refractivity (Wildman–Crippen MR) is 109 cm³/mol. The van der Waals surface area contributed by atoms with Gasteiger partial charge in [0.05, 0.1) is 21.7 Å². The molecule has 5 nitrogen and oxygen atoms in total. The third-order valence-corrected chi connectivity index (χ3v) is 8.81. The summed E-state index contributed by atoms with van der Waals surface area (Å²) in [7, 11) is -8.91. The average molecular weight is 454 g/mol. The highest BCUT2D eigenvalue weighted by atomic mass is 35.5. The van der Waals surface area contributed by atoms with E-state index in [4.69, 9.17) is 11.6 Å².